The van der Waals surface area contributed by atoms with E-state index in [1.807, 2.05) is 0 Å². The molecule has 3 fully saturated rings. The zero-order valence-corrected chi connectivity index (χ0v) is 29.7. The first-order valence-electron chi connectivity index (χ1n) is 16.6. The summed E-state index contributed by atoms with van der Waals surface area (Å²) in [6.45, 7) is 27.8. The molecule has 3 aliphatic rings. The van der Waals surface area contributed by atoms with E-state index in [2.05, 4.69) is 95.5 Å². The number of aliphatic imine (C=N–C) groups is 2. The molecule has 0 saturated heterocycles. The molecular weight excluding hydrogens is 551 g/mol. The van der Waals surface area contributed by atoms with Gasteiger partial charge < -0.3 is 10.2 Å². The minimum atomic E-state index is -0.339. The van der Waals surface area contributed by atoms with Crippen LogP contribution < -0.4 is 0 Å². The number of aliphatic hydroxyl groups is 2. The molecule has 3 aliphatic carbocycles. The molecule has 3 saturated carbocycles. The van der Waals surface area contributed by atoms with Crippen LogP contribution in [-0.4, -0.2) is 46.9 Å². The molecular formula is C36H66CoN2O2. The zero-order chi connectivity index (χ0) is 30.3. The summed E-state index contributed by atoms with van der Waals surface area (Å²) in [5, 5.41) is 23.0. The fraction of sp³-hybridized carbons (Fsp3) is 0.944. The summed E-state index contributed by atoms with van der Waals surface area (Å²) in [6, 6.07) is 0.357. The molecule has 2 N–H and O–H groups in total. The maximum atomic E-state index is 11.5. The van der Waals surface area contributed by atoms with Crippen LogP contribution in [-0.2, 0) is 16.8 Å². The van der Waals surface area contributed by atoms with E-state index in [0.29, 0.717) is 11.8 Å². The van der Waals surface area contributed by atoms with Gasteiger partial charge in [0.15, 0.2) is 0 Å². The molecule has 0 aromatic carbocycles. The minimum absolute atomic E-state index is 0. The summed E-state index contributed by atoms with van der Waals surface area (Å²) in [5.41, 5.74) is 0.599. The van der Waals surface area contributed by atoms with Crippen molar-refractivity contribution in [3.63, 3.8) is 0 Å². The van der Waals surface area contributed by atoms with Gasteiger partial charge in [0.25, 0.3) is 0 Å². The van der Waals surface area contributed by atoms with Crippen LogP contribution in [0.25, 0.3) is 0 Å². The minimum Gasteiger partial charge on any atom is -0.392 e. The van der Waals surface area contributed by atoms with Gasteiger partial charge in [-0.15, -0.1) is 0 Å². The third kappa shape index (κ3) is 9.62. The molecule has 0 aliphatic heterocycles. The van der Waals surface area contributed by atoms with E-state index in [9.17, 15) is 10.2 Å². The smallest absolute Gasteiger partial charge is 0.0719 e. The molecule has 0 aromatic heterocycles. The summed E-state index contributed by atoms with van der Waals surface area (Å²) in [6.07, 6.45) is 12.3. The number of hydrogen-bond donors (Lipinski definition) is 2. The van der Waals surface area contributed by atoms with Crippen molar-refractivity contribution >= 4 is 12.4 Å². The number of hydrogen-bond acceptors (Lipinski definition) is 4. The summed E-state index contributed by atoms with van der Waals surface area (Å²) in [7, 11) is 0. The maximum absolute atomic E-state index is 11.5. The van der Waals surface area contributed by atoms with Gasteiger partial charge in [-0.25, -0.2) is 0 Å². The SMILES string of the molecule is CC(C)(C)C1CC(C=N[C@@H]2CCCC[C@H]2N=CC2CC(C(C)(C)C)CC(C(C)(C)C)C2O)C(O)C(C(C)(C)C)C1.[Co]. The van der Waals surface area contributed by atoms with Gasteiger partial charge in [0.05, 0.1) is 24.3 Å². The topological polar surface area (TPSA) is 65.2 Å². The third-order valence-electron chi connectivity index (χ3n) is 11.2. The van der Waals surface area contributed by atoms with Crippen molar-refractivity contribution in [3.05, 3.63) is 0 Å². The Kier molecular flexibility index (Phi) is 12.5. The van der Waals surface area contributed by atoms with E-state index < -0.39 is 0 Å². The fourth-order valence-corrected chi connectivity index (χ4v) is 7.94. The summed E-state index contributed by atoms with van der Waals surface area (Å²) >= 11 is 0. The Bertz CT molecular complexity index is 800. The number of aliphatic hydroxyl groups excluding tert-OH is 2. The van der Waals surface area contributed by atoms with Gasteiger partial charge in [-0.3, -0.25) is 9.98 Å². The van der Waals surface area contributed by atoms with Crippen LogP contribution in [0.1, 0.15) is 134 Å². The molecule has 8 unspecified atom stereocenters. The van der Waals surface area contributed by atoms with Crippen molar-refractivity contribution in [2.75, 3.05) is 0 Å². The molecule has 0 spiro atoms. The van der Waals surface area contributed by atoms with Crippen molar-refractivity contribution in [2.45, 2.75) is 159 Å². The maximum Gasteiger partial charge on any atom is 0.0719 e. The first-order chi connectivity index (χ1) is 18.2. The van der Waals surface area contributed by atoms with Crippen molar-refractivity contribution in [2.24, 2.45) is 67.2 Å². The summed E-state index contributed by atoms with van der Waals surface area (Å²) in [5.74, 6) is 1.93. The van der Waals surface area contributed by atoms with E-state index in [0.717, 1.165) is 38.5 Å². The predicted molar refractivity (Wildman–Crippen MR) is 172 cm³/mol. The Balaban J connectivity index is 0.00000588. The molecule has 41 heavy (non-hydrogen) atoms. The second kappa shape index (κ2) is 13.8. The van der Waals surface area contributed by atoms with Gasteiger partial charge in [0.2, 0.25) is 0 Å². The van der Waals surface area contributed by atoms with Crippen LogP contribution in [0.4, 0.5) is 0 Å². The molecule has 4 nitrogen and oxygen atoms in total. The van der Waals surface area contributed by atoms with Crippen LogP contribution in [0.15, 0.2) is 9.98 Å². The molecule has 0 bridgehead atoms. The van der Waals surface area contributed by atoms with Crippen molar-refractivity contribution in [1.82, 2.24) is 0 Å². The average Bonchev–Trinajstić information content (AvgIpc) is 2.80. The monoisotopic (exact) mass is 617 g/mol. The Labute approximate surface area is 264 Å². The van der Waals surface area contributed by atoms with E-state index >= 15 is 0 Å². The van der Waals surface area contributed by atoms with Gasteiger partial charge >= 0.3 is 0 Å². The standard InChI is InChI=1S/C36H66N2O2.Co/c1-33(2,3)25-17-23(31(39)27(19-25)35(7,8)9)21-37-29-15-13-14-16-30(29)38-22-24-18-26(34(4,5)6)20-28(32(24)40)36(10,11)12;/h21-32,39-40H,13-20H2,1-12H3;/t23?,24?,25?,26?,27?,28?,29-,30-,31?,32?;/m1./s1. The van der Waals surface area contributed by atoms with Crippen LogP contribution in [0.3, 0.4) is 0 Å². The van der Waals surface area contributed by atoms with Crippen LogP contribution in [0, 0.1) is 57.2 Å². The van der Waals surface area contributed by atoms with Gasteiger partial charge in [0, 0.05) is 41.0 Å². The molecule has 0 amide bonds. The van der Waals surface area contributed by atoms with Crippen molar-refractivity contribution < 1.29 is 27.0 Å². The molecule has 5 heteroatoms. The Hall–Kier alpha value is -0.234. The number of rotatable bonds is 4. The number of nitrogens with zero attached hydrogens (tertiary/aromatic N) is 2. The molecule has 10 atom stereocenters. The van der Waals surface area contributed by atoms with Gasteiger partial charge in [-0.1, -0.05) is 95.9 Å². The van der Waals surface area contributed by atoms with Crippen LogP contribution in [0.5, 0.6) is 0 Å². The van der Waals surface area contributed by atoms with Gasteiger partial charge in [-0.05, 0) is 83.9 Å². The molecule has 0 aromatic rings. The Morgan fingerprint density at radius 1 is 0.512 bits per heavy atom. The van der Waals surface area contributed by atoms with E-state index in [1.165, 1.54) is 12.8 Å². The molecule has 1 radical (unpaired) electrons. The van der Waals surface area contributed by atoms with Crippen molar-refractivity contribution in [1.29, 1.82) is 0 Å². The van der Waals surface area contributed by atoms with E-state index in [-0.39, 0.29) is 86.4 Å². The molecule has 3 rings (SSSR count). The Morgan fingerprint density at radius 3 is 1.10 bits per heavy atom. The van der Waals surface area contributed by atoms with E-state index in [1.54, 1.807) is 0 Å². The second-order valence-electron chi connectivity index (χ2n) is 18.3. The normalized spacial score (nSPS) is 38.3. The van der Waals surface area contributed by atoms with Gasteiger partial charge in [-0.2, -0.15) is 0 Å². The predicted octanol–water partition coefficient (Wildman–Crippen LogP) is 8.63. The summed E-state index contributed by atoms with van der Waals surface area (Å²) in [4.78, 5) is 10.4. The zero-order valence-electron chi connectivity index (χ0n) is 28.7. The van der Waals surface area contributed by atoms with Gasteiger partial charge in [0.1, 0.15) is 0 Å². The second-order valence-corrected chi connectivity index (χ2v) is 18.3. The summed E-state index contributed by atoms with van der Waals surface area (Å²) < 4.78 is 0. The van der Waals surface area contributed by atoms with Crippen LogP contribution >= 0.6 is 0 Å². The molecule has 0 heterocycles. The first kappa shape index (κ1) is 37.0. The molecule has 241 valence electrons. The Morgan fingerprint density at radius 2 is 0.829 bits per heavy atom. The fourth-order valence-electron chi connectivity index (χ4n) is 7.94. The van der Waals surface area contributed by atoms with Crippen molar-refractivity contribution in [3.8, 4) is 0 Å². The van der Waals surface area contributed by atoms with E-state index in [4.69, 9.17) is 9.98 Å². The van der Waals surface area contributed by atoms with Crippen LogP contribution in [0.2, 0.25) is 0 Å². The average molecular weight is 618 g/mol. The largest absolute Gasteiger partial charge is 0.392 e. The first-order valence-corrected chi connectivity index (χ1v) is 16.6. The quantitative estimate of drug-likeness (QED) is 0.310. The third-order valence-corrected chi connectivity index (χ3v) is 11.2.